The van der Waals surface area contributed by atoms with Gasteiger partial charge >= 0.3 is 0 Å². The van der Waals surface area contributed by atoms with Gasteiger partial charge in [-0.3, -0.25) is 9.78 Å². The Morgan fingerprint density at radius 2 is 2.13 bits per heavy atom. The van der Waals surface area contributed by atoms with Crippen LogP contribution in [0.3, 0.4) is 0 Å². The summed E-state index contributed by atoms with van der Waals surface area (Å²) in [5, 5.41) is 14.1. The number of aromatic nitrogens is 1. The first-order chi connectivity index (χ1) is 11.1. The highest BCUT2D eigenvalue weighted by Crippen LogP contribution is 2.29. The van der Waals surface area contributed by atoms with Crippen molar-refractivity contribution in [2.45, 2.75) is 19.4 Å². The molecule has 23 heavy (non-hydrogen) atoms. The summed E-state index contributed by atoms with van der Waals surface area (Å²) in [5.41, 5.74) is 1.79. The molecular formula is C18H18N2O2S. The van der Waals surface area contributed by atoms with Gasteiger partial charge in [0.25, 0.3) is 0 Å². The highest BCUT2D eigenvalue weighted by atomic mass is 32.1. The van der Waals surface area contributed by atoms with E-state index in [1.165, 1.54) is 0 Å². The lowest BCUT2D eigenvalue weighted by atomic mass is 10.2. The summed E-state index contributed by atoms with van der Waals surface area (Å²) < 4.78 is 1.14. The first-order valence-corrected chi connectivity index (χ1v) is 8.28. The monoisotopic (exact) mass is 326 g/mol. The summed E-state index contributed by atoms with van der Waals surface area (Å²) in [5.74, 6) is -0.115. The van der Waals surface area contributed by atoms with E-state index in [1.54, 1.807) is 17.5 Å². The average Bonchev–Trinajstić information content (AvgIpc) is 2.99. The van der Waals surface area contributed by atoms with Crippen LogP contribution in [0.15, 0.2) is 48.7 Å². The number of benzene rings is 1. The first-order valence-electron chi connectivity index (χ1n) is 7.46. The molecule has 0 bridgehead atoms. The van der Waals surface area contributed by atoms with Crippen molar-refractivity contribution in [1.29, 1.82) is 0 Å². The summed E-state index contributed by atoms with van der Waals surface area (Å²) in [6.07, 6.45) is 1.29. The third-order valence-corrected chi connectivity index (χ3v) is 4.82. The molecule has 0 aliphatic carbocycles. The van der Waals surface area contributed by atoms with Gasteiger partial charge in [-0.25, -0.2) is 0 Å². The lowest BCUT2D eigenvalue weighted by Crippen LogP contribution is -2.29. The Morgan fingerprint density at radius 3 is 2.87 bits per heavy atom. The molecule has 5 heteroatoms. The molecule has 1 unspecified atom stereocenters. The number of thiophene rings is 1. The predicted octanol–water partition coefficient (Wildman–Crippen LogP) is 3.00. The van der Waals surface area contributed by atoms with Crippen molar-refractivity contribution in [1.82, 2.24) is 10.3 Å². The van der Waals surface area contributed by atoms with Gasteiger partial charge in [0.15, 0.2) is 0 Å². The van der Waals surface area contributed by atoms with Crippen LogP contribution in [0.5, 0.6) is 0 Å². The second-order valence-corrected chi connectivity index (χ2v) is 6.61. The molecule has 4 nitrogen and oxygen atoms in total. The smallest absolute Gasteiger partial charge is 0.224 e. The van der Waals surface area contributed by atoms with E-state index in [2.05, 4.69) is 10.3 Å². The number of carbonyl (C=O) groups is 1. The van der Waals surface area contributed by atoms with Gasteiger partial charge < -0.3 is 10.4 Å². The van der Waals surface area contributed by atoms with Crippen LogP contribution in [-0.2, 0) is 11.2 Å². The van der Waals surface area contributed by atoms with Crippen molar-refractivity contribution < 1.29 is 9.90 Å². The van der Waals surface area contributed by atoms with Crippen LogP contribution in [-0.4, -0.2) is 22.5 Å². The van der Waals surface area contributed by atoms with E-state index in [1.807, 2.05) is 49.4 Å². The fraction of sp³-hybridized carbons (Fsp3) is 0.222. The molecule has 0 saturated carbocycles. The Bertz CT molecular complexity index is 778. The summed E-state index contributed by atoms with van der Waals surface area (Å²) >= 11 is 1.55. The van der Waals surface area contributed by atoms with E-state index < -0.39 is 6.10 Å². The van der Waals surface area contributed by atoms with Crippen LogP contribution in [0.1, 0.15) is 22.2 Å². The molecule has 2 heterocycles. The molecule has 0 spiro atoms. The Labute approximate surface area is 138 Å². The van der Waals surface area contributed by atoms with Gasteiger partial charge in [-0.05, 0) is 36.1 Å². The SMILES string of the molecule is Cc1ccc(CC(=O)NCC(O)c2cc3ccccc3s2)cn1. The maximum Gasteiger partial charge on any atom is 0.224 e. The molecule has 1 aromatic carbocycles. The van der Waals surface area contributed by atoms with Gasteiger partial charge in [-0.15, -0.1) is 11.3 Å². The van der Waals surface area contributed by atoms with Crippen LogP contribution in [0, 0.1) is 6.92 Å². The minimum atomic E-state index is -0.688. The van der Waals surface area contributed by atoms with E-state index in [4.69, 9.17) is 0 Å². The molecule has 1 amide bonds. The lowest BCUT2D eigenvalue weighted by Gasteiger charge is -2.10. The minimum Gasteiger partial charge on any atom is -0.386 e. The predicted molar refractivity (Wildman–Crippen MR) is 92.5 cm³/mol. The van der Waals surface area contributed by atoms with Gasteiger partial charge in [-0.2, -0.15) is 0 Å². The molecule has 0 fully saturated rings. The van der Waals surface area contributed by atoms with Gasteiger partial charge in [0, 0.05) is 28.0 Å². The summed E-state index contributed by atoms with van der Waals surface area (Å²) in [7, 11) is 0. The Kier molecular flexibility index (Phi) is 4.69. The normalized spacial score (nSPS) is 12.3. The van der Waals surface area contributed by atoms with E-state index in [-0.39, 0.29) is 18.9 Å². The topological polar surface area (TPSA) is 62.2 Å². The lowest BCUT2D eigenvalue weighted by molar-refractivity contribution is -0.120. The molecule has 3 aromatic rings. The Hall–Kier alpha value is -2.24. The number of rotatable bonds is 5. The van der Waals surface area contributed by atoms with Crippen LogP contribution >= 0.6 is 11.3 Å². The number of carbonyl (C=O) groups excluding carboxylic acids is 1. The number of nitrogens with zero attached hydrogens (tertiary/aromatic N) is 1. The van der Waals surface area contributed by atoms with E-state index >= 15 is 0 Å². The van der Waals surface area contributed by atoms with Crippen molar-refractivity contribution >= 4 is 27.3 Å². The Morgan fingerprint density at radius 1 is 1.30 bits per heavy atom. The first kappa shape index (κ1) is 15.6. The number of fused-ring (bicyclic) bond motifs is 1. The summed E-state index contributed by atoms with van der Waals surface area (Å²) in [4.78, 5) is 17.0. The van der Waals surface area contributed by atoms with Crippen LogP contribution in [0.4, 0.5) is 0 Å². The maximum absolute atomic E-state index is 12.0. The van der Waals surface area contributed by atoms with Crippen molar-refractivity contribution in [3.8, 4) is 0 Å². The number of aliphatic hydroxyl groups is 1. The van der Waals surface area contributed by atoms with E-state index in [0.717, 1.165) is 26.2 Å². The third-order valence-electron chi connectivity index (χ3n) is 3.60. The zero-order valence-corrected chi connectivity index (χ0v) is 13.6. The summed E-state index contributed by atoms with van der Waals surface area (Å²) in [6.45, 7) is 2.12. The molecule has 0 saturated heterocycles. The highest BCUT2D eigenvalue weighted by molar-refractivity contribution is 7.19. The molecule has 0 aliphatic heterocycles. The maximum atomic E-state index is 12.0. The zero-order chi connectivity index (χ0) is 16.2. The van der Waals surface area contributed by atoms with E-state index in [9.17, 15) is 9.90 Å². The molecule has 118 valence electrons. The second kappa shape index (κ2) is 6.89. The zero-order valence-electron chi connectivity index (χ0n) is 12.8. The molecule has 0 radical (unpaired) electrons. The van der Waals surface area contributed by atoms with Crippen LogP contribution < -0.4 is 5.32 Å². The van der Waals surface area contributed by atoms with Crippen molar-refractivity contribution in [2.75, 3.05) is 6.54 Å². The molecule has 0 aliphatic rings. The van der Waals surface area contributed by atoms with Gasteiger partial charge in [0.05, 0.1) is 6.42 Å². The largest absolute Gasteiger partial charge is 0.386 e. The van der Waals surface area contributed by atoms with Crippen molar-refractivity contribution in [3.05, 3.63) is 64.8 Å². The fourth-order valence-corrected chi connectivity index (χ4v) is 3.38. The van der Waals surface area contributed by atoms with Gasteiger partial charge in [-0.1, -0.05) is 24.3 Å². The van der Waals surface area contributed by atoms with Crippen molar-refractivity contribution in [3.63, 3.8) is 0 Å². The summed E-state index contributed by atoms with van der Waals surface area (Å²) in [6, 6.07) is 13.7. The number of pyridine rings is 1. The molecule has 3 rings (SSSR count). The quantitative estimate of drug-likeness (QED) is 0.758. The van der Waals surface area contributed by atoms with E-state index in [0.29, 0.717) is 0 Å². The number of amides is 1. The Balaban J connectivity index is 1.56. The van der Waals surface area contributed by atoms with Gasteiger partial charge in [0.2, 0.25) is 5.91 Å². The number of hydrogen-bond acceptors (Lipinski definition) is 4. The fourth-order valence-electron chi connectivity index (χ4n) is 2.33. The number of aliphatic hydroxyl groups excluding tert-OH is 1. The third kappa shape index (κ3) is 3.94. The number of hydrogen-bond donors (Lipinski definition) is 2. The van der Waals surface area contributed by atoms with Crippen LogP contribution in [0.2, 0.25) is 0 Å². The molecular weight excluding hydrogens is 308 g/mol. The molecule has 2 aromatic heterocycles. The standard InChI is InChI=1S/C18H18N2O2S/c1-12-6-7-13(10-19-12)8-18(22)20-11-15(21)17-9-14-4-2-3-5-16(14)23-17/h2-7,9-10,15,21H,8,11H2,1H3,(H,20,22). The number of aryl methyl sites for hydroxylation is 1. The minimum absolute atomic E-state index is 0.115. The second-order valence-electron chi connectivity index (χ2n) is 5.49. The number of nitrogens with one attached hydrogen (secondary N) is 1. The molecule has 2 N–H and O–H groups in total. The highest BCUT2D eigenvalue weighted by Gasteiger charge is 2.13. The van der Waals surface area contributed by atoms with Crippen molar-refractivity contribution in [2.24, 2.45) is 0 Å². The van der Waals surface area contributed by atoms with Crippen LogP contribution in [0.25, 0.3) is 10.1 Å². The van der Waals surface area contributed by atoms with Gasteiger partial charge in [0.1, 0.15) is 6.10 Å². The molecule has 1 atom stereocenters. The average molecular weight is 326 g/mol.